The van der Waals surface area contributed by atoms with E-state index in [0.29, 0.717) is 11.5 Å². The first-order valence-corrected chi connectivity index (χ1v) is 6.20. The van der Waals surface area contributed by atoms with Crippen LogP contribution in [0, 0.1) is 23.5 Å². The first-order chi connectivity index (χ1) is 7.97. The van der Waals surface area contributed by atoms with Gasteiger partial charge in [-0.15, -0.1) is 0 Å². The second-order valence-electron chi connectivity index (χ2n) is 5.30. The van der Waals surface area contributed by atoms with Gasteiger partial charge in [0, 0.05) is 11.1 Å². The van der Waals surface area contributed by atoms with Crippen LogP contribution in [0.25, 0.3) is 0 Å². The maximum Gasteiger partial charge on any atom is 0.163 e. The van der Waals surface area contributed by atoms with Crippen molar-refractivity contribution in [3.05, 3.63) is 35.4 Å². The highest BCUT2D eigenvalue weighted by atomic mass is 19.2. The van der Waals surface area contributed by atoms with E-state index in [4.69, 9.17) is 5.73 Å². The molecule has 0 bridgehead atoms. The van der Waals surface area contributed by atoms with E-state index in [2.05, 4.69) is 6.92 Å². The van der Waals surface area contributed by atoms with Crippen molar-refractivity contribution >= 4 is 0 Å². The van der Waals surface area contributed by atoms with E-state index in [1.54, 1.807) is 6.07 Å². The van der Waals surface area contributed by atoms with Gasteiger partial charge in [0.2, 0.25) is 0 Å². The van der Waals surface area contributed by atoms with Crippen molar-refractivity contribution in [3.8, 4) is 0 Å². The van der Waals surface area contributed by atoms with Crippen LogP contribution in [-0.4, -0.2) is 0 Å². The molecule has 0 aliphatic heterocycles. The minimum atomic E-state index is -0.808. The van der Waals surface area contributed by atoms with Gasteiger partial charge in [0.05, 0.1) is 0 Å². The Morgan fingerprint density at radius 2 is 2.00 bits per heavy atom. The Morgan fingerprint density at radius 1 is 1.29 bits per heavy atom. The van der Waals surface area contributed by atoms with Crippen molar-refractivity contribution in [1.82, 2.24) is 0 Å². The van der Waals surface area contributed by atoms with E-state index >= 15 is 0 Å². The summed E-state index contributed by atoms with van der Waals surface area (Å²) in [5, 5.41) is 0. The third-order valence-corrected chi connectivity index (χ3v) is 4.37. The SMILES string of the molecule is CC1CCCC(N)(c2cccc(F)c2F)C1C. The summed E-state index contributed by atoms with van der Waals surface area (Å²) in [7, 11) is 0. The van der Waals surface area contributed by atoms with Gasteiger partial charge in [-0.2, -0.15) is 0 Å². The molecule has 0 amide bonds. The molecule has 1 saturated carbocycles. The number of benzene rings is 1. The molecule has 0 radical (unpaired) electrons. The largest absolute Gasteiger partial charge is 0.321 e. The number of rotatable bonds is 1. The summed E-state index contributed by atoms with van der Waals surface area (Å²) < 4.78 is 27.2. The highest BCUT2D eigenvalue weighted by molar-refractivity contribution is 5.28. The van der Waals surface area contributed by atoms with Crippen molar-refractivity contribution < 1.29 is 8.78 Å². The summed E-state index contributed by atoms with van der Waals surface area (Å²) in [5.74, 6) is -0.988. The molecule has 3 heteroatoms. The summed E-state index contributed by atoms with van der Waals surface area (Å²) in [6.07, 6.45) is 2.80. The van der Waals surface area contributed by atoms with Gasteiger partial charge in [-0.25, -0.2) is 8.78 Å². The highest BCUT2D eigenvalue weighted by Gasteiger charge is 2.41. The lowest BCUT2D eigenvalue weighted by Crippen LogP contribution is -2.48. The minimum absolute atomic E-state index is 0.160. The molecule has 0 heterocycles. The summed E-state index contributed by atoms with van der Waals surface area (Å²) in [6, 6.07) is 4.29. The highest BCUT2D eigenvalue weighted by Crippen LogP contribution is 2.43. The van der Waals surface area contributed by atoms with Crippen LogP contribution in [0.3, 0.4) is 0 Å². The zero-order valence-corrected chi connectivity index (χ0v) is 10.3. The van der Waals surface area contributed by atoms with Crippen LogP contribution in [-0.2, 0) is 5.54 Å². The third-order valence-electron chi connectivity index (χ3n) is 4.37. The van der Waals surface area contributed by atoms with Crippen molar-refractivity contribution in [1.29, 1.82) is 0 Å². The van der Waals surface area contributed by atoms with Gasteiger partial charge < -0.3 is 5.73 Å². The van der Waals surface area contributed by atoms with E-state index < -0.39 is 17.2 Å². The van der Waals surface area contributed by atoms with Gasteiger partial charge in [0.1, 0.15) is 0 Å². The normalized spacial score (nSPS) is 33.7. The van der Waals surface area contributed by atoms with E-state index in [-0.39, 0.29) is 5.92 Å². The lowest BCUT2D eigenvalue weighted by Gasteiger charge is -2.43. The summed E-state index contributed by atoms with van der Waals surface area (Å²) in [4.78, 5) is 0. The monoisotopic (exact) mass is 239 g/mol. The minimum Gasteiger partial charge on any atom is -0.321 e. The Morgan fingerprint density at radius 3 is 2.71 bits per heavy atom. The molecule has 1 aromatic carbocycles. The first-order valence-electron chi connectivity index (χ1n) is 6.20. The van der Waals surface area contributed by atoms with Gasteiger partial charge in [0.25, 0.3) is 0 Å². The van der Waals surface area contributed by atoms with Crippen molar-refractivity contribution in [2.75, 3.05) is 0 Å². The van der Waals surface area contributed by atoms with Gasteiger partial charge in [0.15, 0.2) is 11.6 Å². The molecular weight excluding hydrogens is 220 g/mol. The van der Waals surface area contributed by atoms with E-state index in [9.17, 15) is 8.78 Å². The molecular formula is C14H19F2N. The van der Waals surface area contributed by atoms with Crippen LogP contribution in [0.15, 0.2) is 18.2 Å². The fourth-order valence-electron chi connectivity index (χ4n) is 2.95. The molecule has 1 nitrogen and oxygen atoms in total. The molecule has 0 saturated heterocycles. The fourth-order valence-corrected chi connectivity index (χ4v) is 2.95. The van der Waals surface area contributed by atoms with E-state index in [1.165, 1.54) is 6.07 Å². The molecule has 3 atom stereocenters. The predicted molar refractivity (Wildman–Crippen MR) is 64.4 cm³/mol. The third kappa shape index (κ3) is 1.97. The van der Waals surface area contributed by atoms with E-state index in [0.717, 1.165) is 25.3 Å². The maximum absolute atomic E-state index is 13.9. The maximum atomic E-state index is 13.9. The van der Waals surface area contributed by atoms with Gasteiger partial charge >= 0.3 is 0 Å². The van der Waals surface area contributed by atoms with Crippen LogP contribution in [0.1, 0.15) is 38.7 Å². The molecule has 1 aromatic rings. The lowest BCUT2D eigenvalue weighted by molar-refractivity contribution is 0.139. The van der Waals surface area contributed by atoms with Crippen LogP contribution in [0.4, 0.5) is 8.78 Å². The predicted octanol–water partition coefficient (Wildman–Crippen LogP) is 3.57. The molecule has 1 aliphatic rings. The van der Waals surface area contributed by atoms with E-state index in [1.807, 2.05) is 6.92 Å². The molecule has 17 heavy (non-hydrogen) atoms. The second-order valence-corrected chi connectivity index (χ2v) is 5.30. The van der Waals surface area contributed by atoms with Crippen LogP contribution >= 0.6 is 0 Å². The van der Waals surface area contributed by atoms with Crippen LogP contribution in [0.2, 0.25) is 0 Å². The van der Waals surface area contributed by atoms with Gasteiger partial charge in [-0.3, -0.25) is 0 Å². The Kier molecular flexibility index (Phi) is 3.21. The Labute approximate surface area is 101 Å². The van der Waals surface area contributed by atoms with Crippen LogP contribution < -0.4 is 5.73 Å². The van der Waals surface area contributed by atoms with Gasteiger partial charge in [-0.1, -0.05) is 38.8 Å². The van der Waals surface area contributed by atoms with Crippen molar-refractivity contribution in [3.63, 3.8) is 0 Å². The Bertz CT molecular complexity index is 419. The molecule has 2 rings (SSSR count). The lowest BCUT2D eigenvalue weighted by atomic mass is 9.66. The molecule has 94 valence electrons. The molecule has 2 N–H and O–H groups in total. The number of halogens is 2. The molecule has 0 spiro atoms. The number of hydrogen-bond acceptors (Lipinski definition) is 1. The molecule has 0 aromatic heterocycles. The average Bonchev–Trinajstić information content (AvgIpc) is 2.29. The number of nitrogens with two attached hydrogens (primary N) is 1. The van der Waals surface area contributed by atoms with Crippen molar-refractivity contribution in [2.24, 2.45) is 17.6 Å². The topological polar surface area (TPSA) is 26.0 Å². The average molecular weight is 239 g/mol. The Hall–Kier alpha value is -0.960. The standard InChI is InChI=1S/C14H19F2N/c1-9-5-4-8-14(17,10(9)2)11-6-3-7-12(15)13(11)16/h3,6-7,9-10H,4-5,8,17H2,1-2H3. The molecule has 1 fully saturated rings. The quantitative estimate of drug-likeness (QED) is 0.796. The summed E-state index contributed by atoms with van der Waals surface area (Å²) in [5.41, 5.74) is 5.98. The molecule has 1 aliphatic carbocycles. The Balaban J connectivity index is 2.46. The first kappa shape index (κ1) is 12.5. The zero-order valence-electron chi connectivity index (χ0n) is 10.3. The van der Waals surface area contributed by atoms with Crippen molar-refractivity contribution in [2.45, 2.75) is 38.6 Å². The molecule has 3 unspecified atom stereocenters. The zero-order chi connectivity index (χ0) is 12.6. The summed E-state index contributed by atoms with van der Waals surface area (Å²) >= 11 is 0. The fraction of sp³-hybridized carbons (Fsp3) is 0.571. The smallest absolute Gasteiger partial charge is 0.163 e. The second kappa shape index (κ2) is 4.37. The number of hydrogen-bond donors (Lipinski definition) is 1. The van der Waals surface area contributed by atoms with Gasteiger partial charge in [-0.05, 0) is 24.3 Å². The summed E-state index contributed by atoms with van der Waals surface area (Å²) in [6.45, 7) is 4.16. The van der Waals surface area contributed by atoms with Crippen LogP contribution in [0.5, 0.6) is 0 Å².